The molecule has 0 aliphatic carbocycles. The average molecular weight is 406 g/mol. The maximum atomic E-state index is 13.5. The summed E-state index contributed by atoms with van der Waals surface area (Å²) in [6, 6.07) is 19.8. The maximum Gasteiger partial charge on any atom is 0.934 e. The molecule has 2 aromatic carbocycles. The van der Waals surface area contributed by atoms with E-state index in [0.29, 0.717) is 17.2 Å². The summed E-state index contributed by atoms with van der Waals surface area (Å²) in [4.78, 5) is 7.92. The Bertz CT molecular complexity index is 1080. The first-order chi connectivity index (χ1) is 14.6. The Balaban J connectivity index is 1.88. The molecule has 0 aliphatic rings. The highest BCUT2D eigenvalue weighted by molar-refractivity contribution is 6.32. The molecule has 8 heteroatoms. The molecule has 0 aliphatic heterocycles. The minimum atomic E-state index is -2.68. The van der Waals surface area contributed by atoms with Crippen molar-refractivity contribution in [1.29, 1.82) is 0 Å². The van der Waals surface area contributed by atoms with Crippen molar-refractivity contribution in [2.24, 2.45) is 0 Å². The van der Waals surface area contributed by atoms with Gasteiger partial charge in [-0.2, -0.15) is 0 Å². The number of halogens is 2. The molecular weight excluding hydrogens is 387 g/mol. The lowest BCUT2D eigenvalue weighted by Crippen LogP contribution is -2.47. The van der Waals surface area contributed by atoms with Crippen LogP contribution >= 0.6 is 0 Å². The molecule has 0 radical (unpaired) electrons. The first-order valence-electron chi connectivity index (χ1n) is 9.28. The Labute approximate surface area is 173 Å². The Morgan fingerprint density at radius 2 is 1.43 bits per heavy atom. The van der Waals surface area contributed by atoms with E-state index in [1.807, 2.05) is 48.5 Å². The molecule has 0 saturated carbocycles. The molecule has 0 amide bonds. The van der Waals surface area contributed by atoms with E-state index >= 15 is 0 Å². The number of methoxy groups -OCH3 is 2. The van der Waals surface area contributed by atoms with Crippen LogP contribution in [0, 0.1) is 0 Å². The van der Waals surface area contributed by atoms with Gasteiger partial charge < -0.3 is 14.5 Å². The van der Waals surface area contributed by atoms with Crippen LogP contribution in [0.15, 0.2) is 72.9 Å². The normalized spacial score (nSPS) is 10.7. The fraction of sp³-hybridized carbons (Fsp3) is 0.0909. The summed E-state index contributed by atoms with van der Waals surface area (Å²) >= 11 is 0. The smallest absolute Gasteiger partial charge is 0.497 e. The van der Waals surface area contributed by atoms with Crippen molar-refractivity contribution in [3.8, 4) is 45.5 Å². The number of hydrogen-bond donors (Lipinski definition) is 1. The number of nitrogens with zero attached hydrogens (tertiary/aromatic N) is 2. The highest BCUT2D eigenvalue weighted by Crippen LogP contribution is 2.34. The number of aromatic nitrogens is 3. The molecule has 30 heavy (non-hydrogen) atoms. The van der Waals surface area contributed by atoms with E-state index in [9.17, 15) is 8.63 Å². The van der Waals surface area contributed by atoms with Crippen molar-refractivity contribution in [3.05, 3.63) is 72.9 Å². The molecule has 2 aromatic heterocycles. The minimum absolute atomic E-state index is 0.294. The molecule has 4 rings (SSSR count). The lowest BCUT2D eigenvalue weighted by molar-refractivity contribution is -0.542. The van der Waals surface area contributed by atoms with Gasteiger partial charge in [-0.15, -0.1) is 0 Å². The number of H-pyrrole nitrogens is 1. The van der Waals surface area contributed by atoms with Crippen LogP contribution in [0.1, 0.15) is 0 Å². The molecule has 1 N–H and O–H groups in total. The number of rotatable bonds is 6. The topological polar surface area (TPSA) is 51.0 Å². The summed E-state index contributed by atoms with van der Waals surface area (Å²) in [5.41, 5.74) is 3.37. The van der Waals surface area contributed by atoms with Crippen molar-refractivity contribution in [3.63, 3.8) is 0 Å². The number of benzene rings is 2. The quantitative estimate of drug-likeness (QED) is 0.481. The number of nitrogens with one attached hydrogen (secondary N) is 1. The first kappa shape index (κ1) is 19.6. The molecule has 0 atom stereocenters. The van der Waals surface area contributed by atoms with E-state index in [2.05, 4.69) is 9.97 Å². The summed E-state index contributed by atoms with van der Waals surface area (Å²) in [5.74, 6) is 1.80. The SMILES string of the molecule is COc1ccc(-c2nc(-c3cccc[n+]3B(F)F)[nH]c2-c2ccc(OC)cc2)cc1. The van der Waals surface area contributed by atoms with E-state index in [4.69, 9.17) is 9.47 Å². The number of hydrogen-bond acceptors (Lipinski definition) is 3. The fourth-order valence-corrected chi connectivity index (χ4v) is 3.25. The highest BCUT2D eigenvalue weighted by Gasteiger charge is 2.36. The van der Waals surface area contributed by atoms with Gasteiger partial charge in [-0.3, -0.25) is 0 Å². The molecular formula is C22H19BF2N3O2+. The van der Waals surface area contributed by atoms with Gasteiger partial charge in [-0.05, 0) is 60.7 Å². The second kappa shape index (κ2) is 8.36. The number of aromatic amines is 1. The van der Waals surface area contributed by atoms with Crippen LogP contribution in [0.4, 0.5) is 8.63 Å². The standard InChI is InChI=1S/C22H18BF2N3O2/c1-29-17-10-6-15(7-11-17)20-21(16-8-12-18(30-2)13-9-16)27-22(26-20)19-5-3-4-14-28(19)23(24)25/h3-14H,1-2H3/p+1. The van der Waals surface area contributed by atoms with Crippen LogP contribution in [-0.2, 0) is 0 Å². The lowest BCUT2D eigenvalue weighted by atomic mass is 10.0. The lowest BCUT2D eigenvalue weighted by Gasteiger charge is -2.06. The van der Waals surface area contributed by atoms with Crippen LogP contribution in [-0.4, -0.2) is 31.6 Å². The van der Waals surface area contributed by atoms with Gasteiger partial charge in [0.25, 0.3) is 0 Å². The maximum absolute atomic E-state index is 13.5. The minimum Gasteiger partial charge on any atom is -0.497 e. The van der Waals surface area contributed by atoms with E-state index in [0.717, 1.165) is 32.8 Å². The van der Waals surface area contributed by atoms with Gasteiger partial charge in [0.1, 0.15) is 17.7 Å². The molecule has 2 heterocycles. The summed E-state index contributed by atoms with van der Waals surface area (Å²) in [7, 11) is 0.522. The van der Waals surface area contributed by atoms with E-state index in [1.165, 1.54) is 6.20 Å². The summed E-state index contributed by atoms with van der Waals surface area (Å²) < 4.78 is 38.4. The Hall–Kier alpha value is -3.68. The largest absolute Gasteiger partial charge is 0.934 e. The van der Waals surface area contributed by atoms with Crippen LogP contribution in [0.3, 0.4) is 0 Å². The van der Waals surface area contributed by atoms with E-state index < -0.39 is 7.40 Å². The summed E-state index contributed by atoms with van der Waals surface area (Å²) in [6.45, 7) is 0. The van der Waals surface area contributed by atoms with E-state index in [-0.39, 0.29) is 0 Å². The number of imidazole rings is 1. The number of pyridine rings is 1. The Morgan fingerprint density at radius 1 is 0.833 bits per heavy atom. The molecule has 0 fully saturated rings. The van der Waals surface area contributed by atoms with Gasteiger partial charge >= 0.3 is 7.40 Å². The van der Waals surface area contributed by atoms with Gasteiger partial charge in [0.15, 0.2) is 0 Å². The molecule has 0 saturated heterocycles. The molecule has 150 valence electrons. The van der Waals surface area contributed by atoms with Crippen LogP contribution in [0.25, 0.3) is 34.0 Å². The third-order valence-corrected chi connectivity index (χ3v) is 4.79. The monoisotopic (exact) mass is 406 g/mol. The van der Waals surface area contributed by atoms with Crippen molar-refractivity contribution in [2.45, 2.75) is 0 Å². The van der Waals surface area contributed by atoms with E-state index in [1.54, 1.807) is 32.4 Å². The van der Waals surface area contributed by atoms with Crippen LogP contribution in [0.5, 0.6) is 11.5 Å². The Morgan fingerprint density at radius 3 is 2.00 bits per heavy atom. The van der Waals surface area contributed by atoms with Gasteiger partial charge in [0, 0.05) is 17.2 Å². The number of ether oxygens (including phenoxy) is 2. The molecule has 0 spiro atoms. The first-order valence-corrected chi connectivity index (χ1v) is 9.28. The van der Waals surface area contributed by atoms with Crippen molar-refractivity contribution in [1.82, 2.24) is 9.97 Å². The van der Waals surface area contributed by atoms with Crippen LogP contribution in [0.2, 0.25) is 0 Å². The average Bonchev–Trinajstić information content (AvgIpc) is 3.24. The zero-order valence-corrected chi connectivity index (χ0v) is 16.5. The Kier molecular flexibility index (Phi) is 5.47. The third kappa shape index (κ3) is 3.76. The fourth-order valence-electron chi connectivity index (χ4n) is 3.25. The molecule has 5 nitrogen and oxygen atoms in total. The van der Waals surface area contributed by atoms with Crippen LogP contribution < -0.4 is 14.0 Å². The van der Waals surface area contributed by atoms with Gasteiger partial charge in [-0.25, -0.2) is 18.1 Å². The molecule has 0 bridgehead atoms. The second-order valence-electron chi connectivity index (χ2n) is 6.54. The van der Waals surface area contributed by atoms with Crippen molar-refractivity contribution in [2.75, 3.05) is 14.2 Å². The van der Waals surface area contributed by atoms with Gasteiger partial charge in [0.05, 0.1) is 25.6 Å². The second-order valence-corrected chi connectivity index (χ2v) is 6.54. The zero-order chi connectivity index (χ0) is 21.1. The summed E-state index contributed by atoms with van der Waals surface area (Å²) in [5, 5.41) is 0. The van der Waals surface area contributed by atoms with Gasteiger partial charge in [-0.1, -0.05) is 0 Å². The van der Waals surface area contributed by atoms with Gasteiger partial charge in [0.2, 0.25) is 11.5 Å². The zero-order valence-electron chi connectivity index (χ0n) is 16.5. The highest BCUT2D eigenvalue weighted by atomic mass is 19.2. The predicted molar refractivity (Wildman–Crippen MR) is 112 cm³/mol. The molecule has 0 unspecified atom stereocenters. The summed E-state index contributed by atoms with van der Waals surface area (Å²) in [6.07, 6.45) is 1.34. The predicted octanol–water partition coefficient (Wildman–Crippen LogP) is 4.49. The molecule has 4 aromatic rings. The van der Waals surface area contributed by atoms with Crippen molar-refractivity contribution >= 4 is 7.40 Å². The van der Waals surface area contributed by atoms with Crippen molar-refractivity contribution < 1.29 is 22.6 Å². The third-order valence-electron chi connectivity index (χ3n) is 4.79.